The van der Waals surface area contributed by atoms with Crippen LogP contribution in [0.5, 0.6) is 0 Å². The van der Waals surface area contributed by atoms with Crippen LogP contribution in [0.25, 0.3) is 0 Å². The lowest BCUT2D eigenvalue weighted by Gasteiger charge is -2.36. The molecule has 2 N–H and O–H groups in total. The molecule has 1 heterocycles. The second kappa shape index (κ2) is 7.79. The highest BCUT2D eigenvalue weighted by atomic mass is 32.2. The third-order valence-corrected chi connectivity index (χ3v) is 5.55. The first-order valence-electron chi connectivity index (χ1n) is 7.95. The Kier molecular flexibility index (Phi) is 6.01. The predicted octanol–water partition coefficient (Wildman–Crippen LogP) is 1.78. The summed E-state index contributed by atoms with van der Waals surface area (Å²) in [4.78, 5) is 14.2. The Balaban J connectivity index is 2.00. The number of nitrogens with zero attached hydrogens (tertiary/aromatic N) is 1. The van der Waals surface area contributed by atoms with Gasteiger partial charge in [0.25, 0.3) is 0 Å². The summed E-state index contributed by atoms with van der Waals surface area (Å²) in [5.41, 5.74) is 2.33. The molecule has 1 aliphatic rings. The average molecular weight is 339 g/mol. The highest BCUT2D eigenvalue weighted by Crippen LogP contribution is 2.30. The number of hydrogen-bond acceptors (Lipinski definition) is 3. The number of hydrogen-bond donors (Lipinski definition) is 2. The zero-order valence-electron chi connectivity index (χ0n) is 13.7. The van der Waals surface area contributed by atoms with E-state index >= 15 is 0 Å². The van der Waals surface area contributed by atoms with Crippen molar-refractivity contribution in [3.05, 3.63) is 35.4 Å². The fourth-order valence-corrected chi connectivity index (χ4v) is 3.38. The van der Waals surface area contributed by atoms with Gasteiger partial charge in [-0.1, -0.05) is 29.8 Å². The van der Waals surface area contributed by atoms with E-state index in [4.69, 9.17) is 0 Å². The molecular weight excluding hydrogens is 314 g/mol. The molecule has 0 bridgehead atoms. The van der Waals surface area contributed by atoms with E-state index in [1.165, 1.54) is 12.6 Å². The number of urea groups is 1. The van der Waals surface area contributed by atoms with Crippen molar-refractivity contribution in [2.75, 3.05) is 25.9 Å². The van der Waals surface area contributed by atoms with Crippen LogP contribution in [0, 0.1) is 6.92 Å². The lowest BCUT2D eigenvalue weighted by molar-refractivity contribution is 0.152. The Morgan fingerprint density at radius 2 is 1.96 bits per heavy atom. The first kappa shape index (κ1) is 17.7. The molecule has 7 heteroatoms. The van der Waals surface area contributed by atoms with E-state index in [-0.39, 0.29) is 24.4 Å². The molecule has 2 amide bonds. The van der Waals surface area contributed by atoms with E-state index in [0.29, 0.717) is 6.54 Å². The van der Waals surface area contributed by atoms with Gasteiger partial charge in [0.05, 0.1) is 11.8 Å². The molecule has 0 spiro atoms. The summed E-state index contributed by atoms with van der Waals surface area (Å²) < 4.78 is 25.0. The van der Waals surface area contributed by atoms with Crippen molar-refractivity contribution >= 4 is 16.1 Å². The highest BCUT2D eigenvalue weighted by molar-refractivity contribution is 7.89. The maximum absolute atomic E-state index is 12.4. The SMILES string of the molecule is CNS(=O)(=O)CCNC(=O)N1CCCCC1c1ccc(C)cc1. The van der Waals surface area contributed by atoms with Gasteiger partial charge in [0.1, 0.15) is 0 Å². The maximum Gasteiger partial charge on any atom is 0.317 e. The molecule has 1 fully saturated rings. The van der Waals surface area contributed by atoms with Crippen LogP contribution in [0.2, 0.25) is 0 Å². The summed E-state index contributed by atoms with van der Waals surface area (Å²) >= 11 is 0. The number of piperidine rings is 1. The van der Waals surface area contributed by atoms with E-state index in [1.807, 2.05) is 11.8 Å². The van der Waals surface area contributed by atoms with Crippen molar-refractivity contribution in [2.45, 2.75) is 32.2 Å². The number of rotatable bonds is 5. The van der Waals surface area contributed by atoms with Crippen LogP contribution in [-0.4, -0.2) is 45.2 Å². The summed E-state index contributed by atoms with van der Waals surface area (Å²) in [6, 6.07) is 8.11. The van der Waals surface area contributed by atoms with Crippen molar-refractivity contribution in [3.8, 4) is 0 Å². The lowest BCUT2D eigenvalue weighted by Crippen LogP contribution is -2.46. The van der Waals surface area contributed by atoms with Gasteiger partial charge >= 0.3 is 6.03 Å². The first-order valence-corrected chi connectivity index (χ1v) is 9.60. The van der Waals surface area contributed by atoms with E-state index in [2.05, 4.69) is 34.3 Å². The van der Waals surface area contributed by atoms with Crippen molar-refractivity contribution in [1.29, 1.82) is 0 Å². The van der Waals surface area contributed by atoms with Gasteiger partial charge in [-0.2, -0.15) is 0 Å². The van der Waals surface area contributed by atoms with Crippen LogP contribution >= 0.6 is 0 Å². The fraction of sp³-hybridized carbons (Fsp3) is 0.562. The van der Waals surface area contributed by atoms with Crippen molar-refractivity contribution < 1.29 is 13.2 Å². The summed E-state index contributed by atoms with van der Waals surface area (Å²) in [6.45, 7) is 2.85. The molecular formula is C16H25N3O3S. The molecule has 1 aliphatic heterocycles. The molecule has 1 saturated heterocycles. The number of carbonyl (C=O) groups is 1. The van der Waals surface area contributed by atoms with Crippen LogP contribution in [0.4, 0.5) is 4.79 Å². The largest absolute Gasteiger partial charge is 0.337 e. The van der Waals surface area contributed by atoms with E-state index < -0.39 is 10.0 Å². The molecule has 1 aromatic carbocycles. The Hall–Kier alpha value is -1.60. The average Bonchev–Trinajstić information content (AvgIpc) is 2.55. The monoisotopic (exact) mass is 339 g/mol. The van der Waals surface area contributed by atoms with Crippen LogP contribution in [-0.2, 0) is 10.0 Å². The zero-order chi connectivity index (χ0) is 16.9. The summed E-state index contributed by atoms with van der Waals surface area (Å²) in [5, 5.41) is 2.72. The topological polar surface area (TPSA) is 78.5 Å². The minimum Gasteiger partial charge on any atom is -0.337 e. The predicted molar refractivity (Wildman–Crippen MR) is 90.7 cm³/mol. The van der Waals surface area contributed by atoms with E-state index in [0.717, 1.165) is 24.8 Å². The van der Waals surface area contributed by atoms with Crippen LogP contribution < -0.4 is 10.0 Å². The molecule has 2 rings (SSSR count). The second-order valence-corrected chi connectivity index (χ2v) is 7.92. The van der Waals surface area contributed by atoms with Crippen molar-refractivity contribution in [2.24, 2.45) is 0 Å². The Morgan fingerprint density at radius 1 is 1.26 bits per heavy atom. The van der Waals surface area contributed by atoms with Gasteiger partial charge in [-0.3, -0.25) is 0 Å². The molecule has 0 saturated carbocycles. The van der Waals surface area contributed by atoms with Gasteiger partial charge < -0.3 is 10.2 Å². The number of carbonyl (C=O) groups excluding carboxylic acids is 1. The maximum atomic E-state index is 12.4. The van der Waals surface area contributed by atoms with E-state index in [1.54, 1.807) is 0 Å². The van der Waals surface area contributed by atoms with E-state index in [9.17, 15) is 13.2 Å². The highest BCUT2D eigenvalue weighted by Gasteiger charge is 2.27. The number of benzene rings is 1. The standard InChI is InChI=1S/C16H25N3O3S/c1-13-6-8-14(9-7-13)15-5-3-4-11-19(15)16(20)18-10-12-23(21,22)17-2/h6-9,15,17H,3-5,10-12H2,1-2H3,(H,18,20). The van der Waals surface area contributed by atoms with Crippen LogP contribution in [0.3, 0.4) is 0 Å². The van der Waals surface area contributed by atoms with Gasteiger partial charge in [0.2, 0.25) is 10.0 Å². The Labute approximate surface area is 138 Å². The Morgan fingerprint density at radius 3 is 2.61 bits per heavy atom. The van der Waals surface area contributed by atoms with Gasteiger partial charge in [0, 0.05) is 13.1 Å². The summed E-state index contributed by atoms with van der Waals surface area (Å²) in [6.07, 6.45) is 3.01. The summed E-state index contributed by atoms with van der Waals surface area (Å²) in [7, 11) is -1.93. The molecule has 0 radical (unpaired) electrons. The first-order chi connectivity index (χ1) is 10.9. The lowest BCUT2D eigenvalue weighted by atomic mass is 9.95. The van der Waals surface area contributed by atoms with Crippen molar-refractivity contribution in [3.63, 3.8) is 0 Å². The minimum absolute atomic E-state index is 0.0604. The van der Waals surface area contributed by atoms with Crippen LogP contribution in [0.15, 0.2) is 24.3 Å². The number of sulfonamides is 1. The molecule has 128 valence electrons. The molecule has 23 heavy (non-hydrogen) atoms. The third-order valence-electron chi connectivity index (χ3n) is 4.18. The number of nitrogens with one attached hydrogen (secondary N) is 2. The van der Waals surface area contributed by atoms with Gasteiger partial charge in [-0.25, -0.2) is 17.9 Å². The second-order valence-electron chi connectivity index (χ2n) is 5.87. The molecule has 1 aromatic rings. The zero-order valence-corrected chi connectivity index (χ0v) is 14.5. The molecule has 1 unspecified atom stereocenters. The fourth-order valence-electron chi connectivity index (χ4n) is 2.81. The number of amides is 2. The minimum atomic E-state index is -3.30. The molecule has 1 atom stereocenters. The van der Waals surface area contributed by atoms with Crippen molar-refractivity contribution in [1.82, 2.24) is 14.9 Å². The van der Waals surface area contributed by atoms with Crippen LogP contribution in [0.1, 0.15) is 36.4 Å². The normalized spacial score (nSPS) is 18.7. The van der Waals surface area contributed by atoms with Gasteiger partial charge in [-0.05, 0) is 38.8 Å². The number of aryl methyl sites for hydroxylation is 1. The quantitative estimate of drug-likeness (QED) is 0.858. The smallest absolute Gasteiger partial charge is 0.317 e. The molecule has 0 aliphatic carbocycles. The van der Waals surface area contributed by atoms with Gasteiger partial charge in [0.15, 0.2) is 0 Å². The third kappa shape index (κ3) is 4.94. The summed E-state index contributed by atoms with van der Waals surface area (Å²) in [5.74, 6) is -0.113. The molecule has 0 aromatic heterocycles. The number of likely N-dealkylation sites (tertiary alicyclic amines) is 1. The van der Waals surface area contributed by atoms with Gasteiger partial charge in [-0.15, -0.1) is 0 Å². The Bertz CT molecular complexity index is 628. The molecule has 6 nitrogen and oxygen atoms in total.